The number of nitro benzene ring substituents is 1. The standard InChI is InChI=1S/C13H17N5O3/c14-15-10-2-1-3-11(13(10)18(20)21)16-6-7-17-9(8-16)4-5-12(17)19/h1-3,9,15H,4-8,14H2. The molecule has 1 unspecified atom stereocenters. The van der Waals surface area contributed by atoms with Crippen molar-refractivity contribution in [1.82, 2.24) is 4.90 Å². The topological polar surface area (TPSA) is 105 Å². The number of fused-ring (bicyclic) bond motifs is 1. The summed E-state index contributed by atoms with van der Waals surface area (Å²) in [6, 6.07) is 5.20. The third kappa shape index (κ3) is 2.27. The normalized spacial score (nSPS) is 21.4. The van der Waals surface area contributed by atoms with Gasteiger partial charge in [0.15, 0.2) is 0 Å². The molecule has 1 aromatic carbocycles. The van der Waals surface area contributed by atoms with E-state index in [-0.39, 0.29) is 17.6 Å². The number of carbonyl (C=O) groups excluding carboxylic acids is 1. The van der Waals surface area contributed by atoms with E-state index in [1.807, 2.05) is 9.80 Å². The average molecular weight is 291 g/mol. The Morgan fingerprint density at radius 3 is 2.90 bits per heavy atom. The molecule has 0 spiro atoms. The number of hydrogen-bond donors (Lipinski definition) is 2. The zero-order valence-corrected chi connectivity index (χ0v) is 11.5. The van der Waals surface area contributed by atoms with Crippen LogP contribution in [0.1, 0.15) is 12.8 Å². The van der Waals surface area contributed by atoms with Crippen molar-refractivity contribution in [3.05, 3.63) is 28.3 Å². The van der Waals surface area contributed by atoms with Crippen molar-refractivity contribution in [1.29, 1.82) is 0 Å². The first-order valence-electron chi connectivity index (χ1n) is 6.90. The van der Waals surface area contributed by atoms with Gasteiger partial charge in [-0.1, -0.05) is 6.07 Å². The summed E-state index contributed by atoms with van der Waals surface area (Å²) in [5.74, 6) is 5.55. The quantitative estimate of drug-likeness (QED) is 0.482. The molecule has 3 rings (SSSR count). The van der Waals surface area contributed by atoms with Crippen LogP contribution >= 0.6 is 0 Å². The number of rotatable bonds is 3. The lowest BCUT2D eigenvalue weighted by molar-refractivity contribution is -0.383. The van der Waals surface area contributed by atoms with Crippen molar-refractivity contribution in [2.75, 3.05) is 30.0 Å². The Balaban J connectivity index is 1.91. The fourth-order valence-corrected chi connectivity index (χ4v) is 3.18. The van der Waals surface area contributed by atoms with E-state index in [9.17, 15) is 14.9 Å². The van der Waals surface area contributed by atoms with Crippen LogP contribution in [-0.2, 0) is 4.79 Å². The molecule has 2 heterocycles. The second-order valence-electron chi connectivity index (χ2n) is 5.30. The molecule has 0 saturated carbocycles. The lowest BCUT2D eigenvalue weighted by Gasteiger charge is -2.38. The maximum atomic E-state index is 11.7. The zero-order chi connectivity index (χ0) is 15.0. The smallest absolute Gasteiger partial charge is 0.316 e. The highest BCUT2D eigenvalue weighted by Crippen LogP contribution is 2.37. The lowest BCUT2D eigenvalue weighted by atomic mass is 10.1. The van der Waals surface area contributed by atoms with Crippen LogP contribution in [0.15, 0.2) is 18.2 Å². The fraction of sp³-hybridized carbons (Fsp3) is 0.462. The number of hydrazine groups is 1. The highest BCUT2D eigenvalue weighted by atomic mass is 16.6. The summed E-state index contributed by atoms with van der Waals surface area (Å²) in [6.07, 6.45) is 1.39. The number of para-hydroxylation sites is 1. The highest BCUT2D eigenvalue weighted by Gasteiger charge is 2.37. The number of anilines is 2. The Labute approximate surface area is 121 Å². The minimum Gasteiger partial charge on any atom is -0.362 e. The molecule has 2 fully saturated rings. The molecule has 2 aliphatic rings. The summed E-state index contributed by atoms with van der Waals surface area (Å²) in [5.41, 5.74) is 3.21. The van der Waals surface area contributed by atoms with Gasteiger partial charge in [0, 0.05) is 32.1 Å². The van der Waals surface area contributed by atoms with Crippen LogP contribution in [0.25, 0.3) is 0 Å². The maximum Gasteiger partial charge on any atom is 0.316 e. The van der Waals surface area contributed by atoms with Gasteiger partial charge < -0.3 is 15.2 Å². The molecule has 1 amide bonds. The number of nitro groups is 1. The minimum absolute atomic E-state index is 0.0160. The Kier molecular flexibility index (Phi) is 3.38. The molecular weight excluding hydrogens is 274 g/mol. The van der Waals surface area contributed by atoms with E-state index < -0.39 is 4.92 Å². The van der Waals surface area contributed by atoms with Crippen molar-refractivity contribution in [2.45, 2.75) is 18.9 Å². The van der Waals surface area contributed by atoms with Crippen LogP contribution in [0.5, 0.6) is 0 Å². The van der Waals surface area contributed by atoms with E-state index in [1.54, 1.807) is 18.2 Å². The van der Waals surface area contributed by atoms with Gasteiger partial charge in [-0.05, 0) is 18.6 Å². The van der Waals surface area contributed by atoms with E-state index in [2.05, 4.69) is 5.43 Å². The van der Waals surface area contributed by atoms with E-state index in [4.69, 9.17) is 5.84 Å². The number of carbonyl (C=O) groups is 1. The molecule has 2 aliphatic heterocycles. The van der Waals surface area contributed by atoms with Gasteiger partial charge in [-0.25, -0.2) is 0 Å². The number of nitrogens with zero attached hydrogens (tertiary/aromatic N) is 3. The van der Waals surface area contributed by atoms with Crippen molar-refractivity contribution < 1.29 is 9.72 Å². The molecule has 112 valence electrons. The molecule has 3 N–H and O–H groups in total. The summed E-state index contributed by atoms with van der Waals surface area (Å²) in [7, 11) is 0. The molecule has 21 heavy (non-hydrogen) atoms. The van der Waals surface area contributed by atoms with E-state index in [0.29, 0.717) is 37.4 Å². The average Bonchev–Trinajstić information content (AvgIpc) is 2.87. The van der Waals surface area contributed by atoms with E-state index in [1.165, 1.54) is 0 Å². The third-order valence-corrected chi connectivity index (χ3v) is 4.19. The van der Waals surface area contributed by atoms with Crippen molar-refractivity contribution >= 4 is 23.0 Å². The lowest BCUT2D eigenvalue weighted by Crippen LogP contribution is -2.51. The van der Waals surface area contributed by atoms with Crippen LogP contribution in [0.4, 0.5) is 17.1 Å². The van der Waals surface area contributed by atoms with Gasteiger partial charge >= 0.3 is 5.69 Å². The first-order chi connectivity index (χ1) is 10.1. The summed E-state index contributed by atoms with van der Waals surface area (Å²) >= 11 is 0. The number of hydrogen-bond acceptors (Lipinski definition) is 6. The Hall–Kier alpha value is -2.35. The maximum absolute atomic E-state index is 11.7. The molecule has 2 saturated heterocycles. The first kappa shape index (κ1) is 13.6. The van der Waals surface area contributed by atoms with Gasteiger partial charge in [0.05, 0.1) is 4.92 Å². The van der Waals surface area contributed by atoms with Crippen LogP contribution in [0.2, 0.25) is 0 Å². The minimum atomic E-state index is -0.420. The zero-order valence-electron chi connectivity index (χ0n) is 11.5. The molecule has 1 aromatic rings. The third-order valence-electron chi connectivity index (χ3n) is 4.19. The van der Waals surface area contributed by atoms with Crippen LogP contribution in [0, 0.1) is 10.1 Å². The molecule has 8 heteroatoms. The van der Waals surface area contributed by atoms with Gasteiger partial charge in [0.2, 0.25) is 5.91 Å². The molecule has 0 aliphatic carbocycles. The van der Waals surface area contributed by atoms with Crippen molar-refractivity contribution in [2.24, 2.45) is 5.84 Å². The van der Waals surface area contributed by atoms with Gasteiger partial charge in [-0.3, -0.25) is 20.8 Å². The first-order valence-corrected chi connectivity index (χ1v) is 6.90. The van der Waals surface area contributed by atoms with Crippen molar-refractivity contribution in [3.8, 4) is 0 Å². The van der Waals surface area contributed by atoms with Gasteiger partial charge in [-0.15, -0.1) is 0 Å². The molecule has 1 atom stereocenters. The number of benzene rings is 1. The summed E-state index contributed by atoms with van der Waals surface area (Å²) in [4.78, 5) is 26.5. The Morgan fingerprint density at radius 1 is 1.38 bits per heavy atom. The second-order valence-corrected chi connectivity index (χ2v) is 5.30. The van der Waals surface area contributed by atoms with Crippen LogP contribution in [-0.4, -0.2) is 41.4 Å². The Morgan fingerprint density at radius 2 is 2.19 bits per heavy atom. The monoisotopic (exact) mass is 291 g/mol. The van der Waals surface area contributed by atoms with Crippen LogP contribution in [0.3, 0.4) is 0 Å². The van der Waals surface area contributed by atoms with Crippen LogP contribution < -0.4 is 16.2 Å². The predicted octanol–water partition coefficient (Wildman–Crippen LogP) is 0.691. The number of amides is 1. The Bertz CT molecular complexity index is 591. The summed E-state index contributed by atoms with van der Waals surface area (Å²) in [5, 5.41) is 11.3. The van der Waals surface area contributed by atoms with E-state index in [0.717, 1.165) is 6.42 Å². The molecule has 0 bridgehead atoms. The van der Waals surface area contributed by atoms with Gasteiger partial charge in [0.25, 0.3) is 0 Å². The molecule has 8 nitrogen and oxygen atoms in total. The number of nitrogens with one attached hydrogen (secondary N) is 1. The van der Waals surface area contributed by atoms with E-state index >= 15 is 0 Å². The largest absolute Gasteiger partial charge is 0.362 e. The highest BCUT2D eigenvalue weighted by molar-refractivity contribution is 5.80. The SMILES string of the molecule is NNc1cccc(N2CCN3C(=O)CCC3C2)c1[N+](=O)[O-]. The molecule has 0 radical (unpaired) electrons. The molecule has 0 aromatic heterocycles. The predicted molar refractivity (Wildman–Crippen MR) is 77.9 cm³/mol. The number of piperazine rings is 1. The fourth-order valence-electron chi connectivity index (χ4n) is 3.18. The number of nitrogen functional groups attached to an aromatic ring is 1. The summed E-state index contributed by atoms with van der Waals surface area (Å²) < 4.78 is 0. The van der Waals surface area contributed by atoms with Crippen molar-refractivity contribution in [3.63, 3.8) is 0 Å². The summed E-state index contributed by atoms with van der Waals surface area (Å²) in [6.45, 7) is 1.83. The van der Waals surface area contributed by atoms with Gasteiger partial charge in [-0.2, -0.15) is 0 Å². The molecular formula is C13H17N5O3. The van der Waals surface area contributed by atoms with Gasteiger partial charge in [0.1, 0.15) is 11.4 Å². The number of nitrogens with two attached hydrogens (primary N) is 1. The second kappa shape index (κ2) is 5.21.